The molecule has 1 unspecified atom stereocenters. The van der Waals surface area contributed by atoms with Gasteiger partial charge in [0.15, 0.2) is 0 Å². The first kappa shape index (κ1) is 18.8. The zero-order valence-corrected chi connectivity index (χ0v) is 13.4. The van der Waals surface area contributed by atoms with E-state index < -0.39 is 22.1 Å². The number of hydrogen-bond acceptors (Lipinski definition) is 5. The molecule has 20 heavy (non-hydrogen) atoms. The topological polar surface area (TPSA) is 96.0 Å². The molecule has 0 aromatic heterocycles. The number of ether oxygens (including phenoxy) is 1. The average molecular weight is 309 g/mol. The summed E-state index contributed by atoms with van der Waals surface area (Å²) >= 11 is 0. The predicted octanol–water partition coefficient (Wildman–Crippen LogP) is -0.960. The maximum Gasteiger partial charge on any atom is 0.306 e. The van der Waals surface area contributed by atoms with E-state index in [0.717, 1.165) is 8.61 Å². The monoisotopic (exact) mass is 309 g/mol. The van der Waals surface area contributed by atoms with Crippen molar-refractivity contribution in [1.29, 1.82) is 0 Å². The minimum atomic E-state index is -3.70. The molecule has 0 aromatic carbocycles. The van der Waals surface area contributed by atoms with E-state index in [-0.39, 0.29) is 25.4 Å². The molecular formula is C11H23N3O5S. The van der Waals surface area contributed by atoms with E-state index in [1.807, 2.05) is 0 Å². The van der Waals surface area contributed by atoms with Crippen molar-refractivity contribution in [3.05, 3.63) is 0 Å². The first-order valence-corrected chi connectivity index (χ1v) is 7.52. The Morgan fingerprint density at radius 1 is 1.25 bits per heavy atom. The van der Waals surface area contributed by atoms with Crippen LogP contribution in [0.25, 0.3) is 0 Å². The summed E-state index contributed by atoms with van der Waals surface area (Å²) in [7, 11) is 1.81. The first-order chi connectivity index (χ1) is 9.16. The first-order valence-electron chi connectivity index (χ1n) is 6.12. The molecule has 9 heteroatoms. The SMILES string of the molecule is CNC(=O)C(C)CN(C)S(=O)(=O)N(C)CCC(=O)OC. The van der Waals surface area contributed by atoms with Gasteiger partial charge in [-0.2, -0.15) is 17.0 Å². The Morgan fingerprint density at radius 3 is 2.25 bits per heavy atom. The van der Waals surface area contributed by atoms with Crippen LogP contribution in [-0.4, -0.2) is 70.2 Å². The van der Waals surface area contributed by atoms with E-state index in [4.69, 9.17) is 0 Å². The molecule has 0 aliphatic heterocycles. The summed E-state index contributed by atoms with van der Waals surface area (Å²) in [6.07, 6.45) is -0.0227. The number of esters is 1. The average Bonchev–Trinajstić information content (AvgIpc) is 2.42. The summed E-state index contributed by atoms with van der Waals surface area (Å²) in [6, 6.07) is 0. The Morgan fingerprint density at radius 2 is 1.80 bits per heavy atom. The lowest BCUT2D eigenvalue weighted by Crippen LogP contribution is -2.44. The molecule has 0 spiro atoms. The molecule has 0 heterocycles. The quantitative estimate of drug-likeness (QED) is 0.583. The van der Waals surface area contributed by atoms with Gasteiger partial charge in [0, 0.05) is 40.2 Å². The molecule has 1 N–H and O–H groups in total. The fraction of sp³-hybridized carbons (Fsp3) is 0.818. The van der Waals surface area contributed by atoms with Gasteiger partial charge in [0.25, 0.3) is 10.2 Å². The number of rotatable bonds is 8. The van der Waals surface area contributed by atoms with E-state index in [2.05, 4.69) is 10.1 Å². The van der Waals surface area contributed by atoms with E-state index >= 15 is 0 Å². The second-order valence-corrected chi connectivity index (χ2v) is 6.59. The van der Waals surface area contributed by atoms with Crippen LogP contribution in [0.1, 0.15) is 13.3 Å². The summed E-state index contributed by atoms with van der Waals surface area (Å²) in [5.74, 6) is -1.17. The Kier molecular flexibility index (Phi) is 7.69. The third-order valence-electron chi connectivity index (χ3n) is 2.87. The largest absolute Gasteiger partial charge is 0.469 e. The molecular weight excluding hydrogens is 286 g/mol. The van der Waals surface area contributed by atoms with Gasteiger partial charge in [0.2, 0.25) is 5.91 Å². The summed E-state index contributed by atoms with van der Waals surface area (Å²) in [5.41, 5.74) is 0. The van der Waals surface area contributed by atoms with Gasteiger partial charge in [0.05, 0.1) is 13.5 Å². The van der Waals surface area contributed by atoms with Crippen LogP contribution >= 0.6 is 0 Å². The molecule has 1 atom stereocenters. The molecule has 1 amide bonds. The molecule has 8 nitrogen and oxygen atoms in total. The molecule has 118 valence electrons. The minimum absolute atomic E-state index is 0.0215. The van der Waals surface area contributed by atoms with Gasteiger partial charge in [-0.3, -0.25) is 9.59 Å². The van der Waals surface area contributed by atoms with Gasteiger partial charge in [-0.1, -0.05) is 6.92 Å². The summed E-state index contributed by atoms with van der Waals surface area (Å²) in [6.45, 7) is 1.72. The van der Waals surface area contributed by atoms with Gasteiger partial charge >= 0.3 is 5.97 Å². The van der Waals surface area contributed by atoms with Gasteiger partial charge in [-0.05, 0) is 0 Å². The molecule has 0 radical (unpaired) electrons. The zero-order valence-electron chi connectivity index (χ0n) is 12.5. The van der Waals surface area contributed by atoms with Crippen LogP contribution in [0.4, 0.5) is 0 Å². The minimum Gasteiger partial charge on any atom is -0.469 e. The highest BCUT2D eigenvalue weighted by atomic mass is 32.2. The second-order valence-electron chi connectivity index (χ2n) is 4.45. The highest BCUT2D eigenvalue weighted by molar-refractivity contribution is 7.86. The van der Waals surface area contributed by atoms with Gasteiger partial charge in [0.1, 0.15) is 0 Å². The fourth-order valence-electron chi connectivity index (χ4n) is 1.51. The number of hydrogen-bond donors (Lipinski definition) is 1. The second kappa shape index (κ2) is 8.18. The maximum atomic E-state index is 12.1. The van der Waals surface area contributed by atoms with Crippen molar-refractivity contribution in [3.8, 4) is 0 Å². The molecule has 0 aromatic rings. The van der Waals surface area contributed by atoms with Crippen molar-refractivity contribution in [2.45, 2.75) is 13.3 Å². The van der Waals surface area contributed by atoms with Crippen molar-refractivity contribution in [1.82, 2.24) is 13.9 Å². The van der Waals surface area contributed by atoms with Crippen molar-refractivity contribution in [3.63, 3.8) is 0 Å². The number of amides is 1. The number of carbonyl (C=O) groups excluding carboxylic acids is 2. The van der Waals surface area contributed by atoms with Crippen LogP contribution in [0.15, 0.2) is 0 Å². The van der Waals surface area contributed by atoms with E-state index in [0.29, 0.717) is 0 Å². The fourth-order valence-corrected chi connectivity index (χ4v) is 2.72. The highest BCUT2D eigenvalue weighted by Gasteiger charge is 2.26. The number of nitrogens with one attached hydrogen (secondary N) is 1. The molecule has 0 saturated heterocycles. The lowest BCUT2D eigenvalue weighted by molar-refractivity contribution is -0.140. The molecule has 0 fully saturated rings. The number of carbonyl (C=O) groups is 2. The third-order valence-corrected chi connectivity index (χ3v) is 4.78. The van der Waals surface area contributed by atoms with E-state index in [9.17, 15) is 18.0 Å². The smallest absolute Gasteiger partial charge is 0.306 e. The lowest BCUT2D eigenvalue weighted by atomic mass is 10.2. The molecule has 0 aliphatic rings. The maximum absolute atomic E-state index is 12.1. The Labute approximate surface area is 120 Å². The summed E-state index contributed by atoms with van der Waals surface area (Å²) in [5, 5.41) is 2.46. The van der Waals surface area contributed by atoms with E-state index in [1.54, 1.807) is 6.92 Å². The number of nitrogens with zero attached hydrogens (tertiary/aromatic N) is 2. The predicted molar refractivity (Wildman–Crippen MR) is 74.0 cm³/mol. The van der Waals surface area contributed by atoms with Crippen molar-refractivity contribution >= 4 is 22.1 Å². The van der Waals surface area contributed by atoms with Crippen LogP contribution in [0, 0.1) is 5.92 Å². The normalized spacial score (nSPS) is 13.3. The van der Waals surface area contributed by atoms with E-state index in [1.165, 1.54) is 28.3 Å². The standard InChI is InChI=1S/C11H23N3O5S/c1-9(11(16)12-2)8-14(4)20(17,18)13(3)7-6-10(15)19-5/h9H,6-8H2,1-5H3,(H,12,16). The Hall–Kier alpha value is -1.19. The van der Waals surface area contributed by atoms with Gasteiger partial charge in [-0.25, -0.2) is 0 Å². The molecule has 0 bridgehead atoms. The van der Waals surface area contributed by atoms with Crippen LogP contribution < -0.4 is 5.32 Å². The van der Waals surface area contributed by atoms with Crippen LogP contribution in [-0.2, 0) is 24.5 Å². The Bertz CT molecular complexity index is 437. The summed E-state index contributed by atoms with van der Waals surface area (Å²) in [4.78, 5) is 22.4. The van der Waals surface area contributed by atoms with Gasteiger partial charge in [-0.15, -0.1) is 0 Å². The molecule has 0 aliphatic carbocycles. The molecule has 0 saturated carbocycles. The third kappa shape index (κ3) is 5.43. The highest BCUT2D eigenvalue weighted by Crippen LogP contribution is 2.08. The zero-order chi connectivity index (χ0) is 15.9. The van der Waals surface area contributed by atoms with Crippen molar-refractivity contribution < 1.29 is 22.7 Å². The van der Waals surface area contributed by atoms with Crippen molar-refractivity contribution in [2.75, 3.05) is 41.3 Å². The Balaban J connectivity index is 4.61. The van der Waals surface area contributed by atoms with Gasteiger partial charge < -0.3 is 10.1 Å². The van der Waals surface area contributed by atoms with Crippen molar-refractivity contribution in [2.24, 2.45) is 5.92 Å². The summed E-state index contributed by atoms with van der Waals surface area (Å²) < 4.78 is 30.9. The lowest BCUT2D eigenvalue weighted by Gasteiger charge is -2.25. The number of methoxy groups -OCH3 is 1. The van der Waals surface area contributed by atoms with Crippen LogP contribution in [0.2, 0.25) is 0 Å². The molecule has 0 rings (SSSR count). The van der Waals surface area contributed by atoms with Crippen LogP contribution in [0.5, 0.6) is 0 Å². The van der Waals surface area contributed by atoms with Crippen LogP contribution in [0.3, 0.4) is 0 Å².